The highest BCUT2D eigenvalue weighted by molar-refractivity contribution is 5.24. The molecule has 0 heterocycles. The maximum absolute atomic E-state index is 13.7. The summed E-state index contributed by atoms with van der Waals surface area (Å²) < 4.78 is 77.5. The molecular weight excluding hydrogens is 431 g/mol. The first-order valence-corrected chi connectivity index (χ1v) is 11.6. The fraction of sp³-hybridized carbons (Fsp3) is 0.750. The van der Waals surface area contributed by atoms with E-state index in [4.69, 9.17) is 9.47 Å². The predicted molar refractivity (Wildman–Crippen MR) is 113 cm³/mol. The number of hydrogen-bond donors (Lipinski definition) is 1. The highest BCUT2D eigenvalue weighted by atomic mass is 19.2. The molecule has 0 amide bonds. The van der Waals surface area contributed by atoms with Crippen LogP contribution in [0.3, 0.4) is 0 Å². The Hall–Kier alpha value is -1.25. The zero-order valence-electron chi connectivity index (χ0n) is 19.4. The van der Waals surface area contributed by atoms with Gasteiger partial charge >= 0.3 is 0 Å². The largest absolute Gasteiger partial charge is 0.343 e. The predicted octanol–water partition coefficient (Wildman–Crippen LogP) is 7.18. The Morgan fingerprint density at radius 1 is 0.656 bits per heavy atom. The van der Waals surface area contributed by atoms with Gasteiger partial charge in [-0.2, -0.15) is 0 Å². The van der Waals surface area contributed by atoms with Crippen molar-refractivity contribution in [3.8, 4) is 0 Å². The van der Waals surface area contributed by atoms with Crippen LogP contribution in [0, 0.1) is 35.0 Å². The first-order chi connectivity index (χ1) is 15.2. The average molecular weight is 469 g/mol. The van der Waals surface area contributed by atoms with Crippen molar-refractivity contribution in [3.05, 3.63) is 34.6 Å². The highest BCUT2D eigenvalue weighted by Gasteiger charge is 2.36. The van der Waals surface area contributed by atoms with Crippen molar-refractivity contribution in [3.63, 3.8) is 0 Å². The molecule has 8 heteroatoms. The number of rotatable bonds is 17. The van der Waals surface area contributed by atoms with Crippen LogP contribution in [0.15, 0.2) is 0 Å². The molecule has 3 nitrogen and oxygen atoms in total. The highest BCUT2D eigenvalue weighted by Crippen LogP contribution is 2.31. The summed E-state index contributed by atoms with van der Waals surface area (Å²) in [5, 5.41) is 10.6. The van der Waals surface area contributed by atoms with Crippen molar-refractivity contribution in [2.45, 2.75) is 96.4 Å². The molecule has 0 bridgehead atoms. The number of benzene rings is 1. The van der Waals surface area contributed by atoms with Crippen LogP contribution < -0.4 is 0 Å². The molecule has 0 spiro atoms. The molecule has 1 atom stereocenters. The number of hydrogen-bond acceptors (Lipinski definition) is 3. The number of ether oxygens (including phenoxy) is 2. The van der Waals surface area contributed by atoms with E-state index in [0.29, 0.717) is 32.1 Å². The van der Waals surface area contributed by atoms with Gasteiger partial charge in [0.15, 0.2) is 23.3 Å². The van der Waals surface area contributed by atoms with Gasteiger partial charge in [-0.1, -0.05) is 64.7 Å². The molecule has 0 aliphatic rings. The molecule has 0 radical (unpaired) electrons. The molecule has 0 aliphatic heterocycles. The Morgan fingerprint density at radius 3 is 1.53 bits per heavy atom. The molecule has 1 unspecified atom stereocenters. The fourth-order valence-corrected chi connectivity index (χ4v) is 4.01. The molecule has 0 saturated heterocycles. The zero-order valence-corrected chi connectivity index (χ0v) is 19.4. The molecular formula is C24H37F5O3. The first kappa shape index (κ1) is 28.8. The number of aliphatic hydroxyl groups is 1. The normalized spacial score (nSPS) is 13.0. The van der Waals surface area contributed by atoms with E-state index in [2.05, 4.69) is 6.92 Å². The molecule has 1 rings (SSSR count). The van der Waals surface area contributed by atoms with Crippen LogP contribution in [0.1, 0.15) is 89.5 Å². The first-order valence-electron chi connectivity index (χ1n) is 11.6. The second-order valence-corrected chi connectivity index (χ2v) is 8.29. The summed E-state index contributed by atoms with van der Waals surface area (Å²) in [5.74, 6) is -11.4. The average Bonchev–Trinajstić information content (AvgIpc) is 2.80. The van der Waals surface area contributed by atoms with E-state index in [1.54, 1.807) is 0 Å². The van der Waals surface area contributed by atoms with Gasteiger partial charge in [0.2, 0.25) is 5.82 Å². The molecule has 0 fully saturated rings. The van der Waals surface area contributed by atoms with Crippen molar-refractivity contribution in [1.29, 1.82) is 0 Å². The number of unbranched alkanes of at least 4 members (excludes halogenated alkanes) is 8. The van der Waals surface area contributed by atoms with Gasteiger partial charge in [0.1, 0.15) is 0 Å². The van der Waals surface area contributed by atoms with E-state index < -0.39 is 40.6 Å². The molecule has 0 saturated carbocycles. The third-order valence-corrected chi connectivity index (χ3v) is 6.04. The maximum Gasteiger partial charge on any atom is 0.282 e. The van der Waals surface area contributed by atoms with E-state index in [1.807, 2.05) is 0 Å². The van der Waals surface area contributed by atoms with Crippen LogP contribution in [-0.2, 0) is 15.9 Å². The Balaban J connectivity index is 2.49. The van der Waals surface area contributed by atoms with Crippen molar-refractivity contribution in [1.82, 2.24) is 0 Å². The Bertz CT molecular complexity index is 651. The standard InChI is InChI=1S/C24H37F5O3/c1-4-5-6-7-8-11-14-17(24(30,31-2)32-3)15-12-9-10-13-16-18-19(25)21(27)23(29)22(28)20(18)26/h17,30H,4-16H2,1-3H3. The Kier molecular flexibility index (Phi) is 13.3. The smallest absolute Gasteiger partial charge is 0.282 e. The molecule has 1 N–H and O–H groups in total. The lowest BCUT2D eigenvalue weighted by molar-refractivity contribution is -0.369. The second kappa shape index (κ2) is 14.8. The summed E-state index contributed by atoms with van der Waals surface area (Å²) in [7, 11) is 2.78. The van der Waals surface area contributed by atoms with Crippen LogP contribution in [0.5, 0.6) is 0 Å². The molecule has 186 valence electrons. The minimum absolute atomic E-state index is 0.223. The fourth-order valence-electron chi connectivity index (χ4n) is 4.01. The van der Waals surface area contributed by atoms with Crippen LogP contribution in [0.4, 0.5) is 22.0 Å². The number of halogens is 5. The summed E-state index contributed by atoms with van der Waals surface area (Å²) >= 11 is 0. The summed E-state index contributed by atoms with van der Waals surface area (Å²) in [4.78, 5) is 0. The minimum atomic E-state index is -2.14. The van der Waals surface area contributed by atoms with Gasteiger partial charge in [-0.3, -0.25) is 0 Å². The van der Waals surface area contributed by atoms with Gasteiger partial charge in [-0.25, -0.2) is 22.0 Å². The molecule has 0 aliphatic carbocycles. The third-order valence-electron chi connectivity index (χ3n) is 6.04. The molecule has 32 heavy (non-hydrogen) atoms. The van der Waals surface area contributed by atoms with Crippen LogP contribution in [0.25, 0.3) is 0 Å². The summed E-state index contributed by atoms with van der Waals surface area (Å²) in [5.41, 5.74) is -0.768. The molecule has 1 aromatic carbocycles. The Morgan fingerprint density at radius 2 is 1.06 bits per heavy atom. The summed E-state index contributed by atoms with van der Waals surface area (Å²) in [6, 6.07) is 0. The van der Waals surface area contributed by atoms with Crippen molar-refractivity contribution in [2.75, 3.05) is 14.2 Å². The van der Waals surface area contributed by atoms with Crippen molar-refractivity contribution in [2.24, 2.45) is 5.92 Å². The van der Waals surface area contributed by atoms with Gasteiger partial charge in [-0.15, -0.1) is 0 Å². The summed E-state index contributed by atoms with van der Waals surface area (Å²) in [6.07, 6.45) is 10.2. The van der Waals surface area contributed by atoms with Gasteiger partial charge in [-0.05, 0) is 25.7 Å². The van der Waals surface area contributed by atoms with Gasteiger partial charge in [0.25, 0.3) is 5.97 Å². The van der Waals surface area contributed by atoms with E-state index >= 15 is 0 Å². The van der Waals surface area contributed by atoms with E-state index in [0.717, 1.165) is 25.7 Å². The third kappa shape index (κ3) is 8.27. The minimum Gasteiger partial charge on any atom is -0.343 e. The van der Waals surface area contributed by atoms with E-state index in [9.17, 15) is 27.1 Å². The monoisotopic (exact) mass is 468 g/mol. The SMILES string of the molecule is CCCCCCCCC(CCCCCCc1c(F)c(F)c(F)c(F)c1F)C(O)(OC)OC. The zero-order chi connectivity index (χ0) is 24.1. The van der Waals surface area contributed by atoms with E-state index in [1.165, 1.54) is 33.5 Å². The molecule has 1 aromatic rings. The van der Waals surface area contributed by atoms with Crippen LogP contribution >= 0.6 is 0 Å². The van der Waals surface area contributed by atoms with Crippen molar-refractivity contribution >= 4 is 0 Å². The second-order valence-electron chi connectivity index (χ2n) is 8.29. The van der Waals surface area contributed by atoms with Crippen molar-refractivity contribution < 1.29 is 36.5 Å². The topological polar surface area (TPSA) is 38.7 Å². The van der Waals surface area contributed by atoms with Crippen LogP contribution in [-0.4, -0.2) is 25.3 Å². The maximum atomic E-state index is 13.7. The van der Waals surface area contributed by atoms with Crippen LogP contribution in [0.2, 0.25) is 0 Å². The Labute approximate surface area is 188 Å². The number of methoxy groups -OCH3 is 2. The van der Waals surface area contributed by atoms with Gasteiger partial charge in [0, 0.05) is 25.7 Å². The lowest BCUT2D eigenvalue weighted by Gasteiger charge is -2.33. The molecule has 0 aromatic heterocycles. The van der Waals surface area contributed by atoms with Gasteiger partial charge in [0.05, 0.1) is 0 Å². The lowest BCUT2D eigenvalue weighted by Crippen LogP contribution is -2.42. The lowest BCUT2D eigenvalue weighted by atomic mass is 9.91. The van der Waals surface area contributed by atoms with E-state index in [-0.39, 0.29) is 12.3 Å². The van der Waals surface area contributed by atoms with Gasteiger partial charge < -0.3 is 14.6 Å². The quantitative estimate of drug-likeness (QED) is 0.0865. The summed E-state index contributed by atoms with van der Waals surface area (Å²) in [6.45, 7) is 2.16.